The molecule has 1 aliphatic heterocycles. The Labute approximate surface area is 107 Å². The smallest absolute Gasteiger partial charge is 0.410 e. The number of hydrogen-bond donors (Lipinski definition) is 0. The monoisotopic (exact) mass is 247 g/mol. The fraction of sp³-hybridized carbons (Fsp3) is 0.500. The summed E-state index contributed by atoms with van der Waals surface area (Å²) in [6, 6.07) is 1.81. The van der Waals surface area contributed by atoms with E-state index in [1.165, 1.54) is 0 Å². The fourth-order valence-electron chi connectivity index (χ4n) is 1.89. The van der Waals surface area contributed by atoms with Crippen LogP contribution in [0.15, 0.2) is 10.5 Å². The Bertz CT molecular complexity index is 502. The minimum atomic E-state index is -0.474. The Balaban J connectivity index is 2.08. The zero-order valence-electron chi connectivity index (χ0n) is 10.9. The van der Waals surface area contributed by atoms with Crippen LogP contribution in [0.1, 0.15) is 37.9 Å². The average Bonchev–Trinajstić information content (AvgIpc) is 2.68. The number of fused-ring (bicyclic) bond motifs is 1. The van der Waals surface area contributed by atoms with Crippen LogP contribution in [0.2, 0.25) is 0 Å². The van der Waals surface area contributed by atoms with E-state index in [9.17, 15) is 4.79 Å². The molecule has 1 aromatic heterocycles. The maximum Gasteiger partial charge on any atom is 0.410 e. The summed E-state index contributed by atoms with van der Waals surface area (Å²) in [6.45, 7) is 6.66. The molecule has 0 N–H and O–H groups in total. The molecule has 0 aromatic carbocycles. The van der Waals surface area contributed by atoms with Gasteiger partial charge in [-0.25, -0.2) is 4.79 Å². The molecule has 4 heteroatoms. The van der Waals surface area contributed by atoms with E-state index < -0.39 is 5.60 Å². The van der Waals surface area contributed by atoms with Crippen molar-refractivity contribution in [1.29, 1.82) is 0 Å². The van der Waals surface area contributed by atoms with Gasteiger partial charge in [0.05, 0.1) is 6.54 Å². The van der Waals surface area contributed by atoms with Gasteiger partial charge in [-0.15, -0.1) is 6.42 Å². The van der Waals surface area contributed by atoms with Gasteiger partial charge in [-0.05, 0) is 32.8 Å². The second kappa shape index (κ2) is 4.41. The Morgan fingerprint density at radius 2 is 2.28 bits per heavy atom. The van der Waals surface area contributed by atoms with E-state index >= 15 is 0 Å². The van der Waals surface area contributed by atoms with Crippen LogP contribution in [0, 0.1) is 12.3 Å². The van der Waals surface area contributed by atoms with Crippen molar-refractivity contribution in [1.82, 2.24) is 4.90 Å². The van der Waals surface area contributed by atoms with Crippen LogP contribution in [0.5, 0.6) is 0 Å². The summed E-state index contributed by atoms with van der Waals surface area (Å²) in [4.78, 5) is 13.6. The van der Waals surface area contributed by atoms with Gasteiger partial charge in [0, 0.05) is 18.5 Å². The maximum atomic E-state index is 11.9. The normalized spacial score (nSPS) is 14.9. The van der Waals surface area contributed by atoms with E-state index in [4.69, 9.17) is 15.6 Å². The fourth-order valence-corrected chi connectivity index (χ4v) is 1.89. The Morgan fingerprint density at radius 3 is 2.89 bits per heavy atom. The molecule has 2 rings (SSSR count). The second-order valence-corrected chi connectivity index (χ2v) is 5.36. The Kier molecular flexibility index (Phi) is 3.08. The molecule has 96 valence electrons. The van der Waals surface area contributed by atoms with Crippen LogP contribution in [-0.4, -0.2) is 23.1 Å². The van der Waals surface area contributed by atoms with E-state index in [1.807, 2.05) is 26.8 Å². The highest BCUT2D eigenvalue weighted by molar-refractivity contribution is 5.68. The first-order valence-electron chi connectivity index (χ1n) is 5.95. The van der Waals surface area contributed by atoms with Crippen LogP contribution in [0.4, 0.5) is 4.79 Å². The van der Waals surface area contributed by atoms with Gasteiger partial charge in [0.25, 0.3) is 0 Å². The molecule has 0 radical (unpaired) electrons. The van der Waals surface area contributed by atoms with Crippen LogP contribution >= 0.6 is 0 Å². The van der Waals surface area contributed by atoms with Crippen molar-refractivity contribution in [3.63, 3.8) is 0 Å². The molecular formula is C14H17NO3. The van der Waals surface area contributed by atoms with E-state index in [2.05, 4.69) is 5.92 Å². The molecule has 0 bridgehead atoms. The predicted octanol–water partition coefficient (Wildman–Crippen LogP) is 2.55. The van der Waals surface area contributed by atoms with Crippen LogP contribution in [0.25, 0.3) is 0 Å². The summed E-state index contributed by atoms with van der Waals surface area (Å²) >= 11 is 0. The molecule has 0 spiro atoms. The van der Waals surface area contributed by atoms with Gasteiger partial charge in [-0.1, -0.05) is 0 Å². The molecule has 18 heavy (non-hydrogen) atoms. The molecule has 0 saturated heterocycles. The lowest BCUT2D eigenvalue weighted by Gasteiger charge is -2.29. The van der Waals surface area contributed by atoms with Crippen molar-refractivity contribution in [2.24, 2.45) is 0 Å². The summed E-state index contributed by atoms with van der Waals surface area (Å²) in [5, 5.41) is 0. The molecular weight excluding hydrogens is 230 g/mol. The maximum absolute atomic E-state index is 11.9. The van der Waals surface area contributed by atoms with E-state index in [0.717, 1.165) is 11.3 Å². The molecule has 0 atom stereocenters. The number of terminal acetylenes is 1. The number of furan rings is 1. The largest absolute Gasteiger partial charge is 0.452 e. The number of nitrogens with zero attached hydrogens (tertiary/aromatic N) is 1. The lowest BCUT2D eigenvalue weighted by Crippen LogP contribution is -2.39. The average molecular weight is 247 g/mol. The number of carbonyl (C=O) groups is 1. The molecule has 1 aromatic rings. The van der Waals surface area contributed by atoms with Gasteiger partial charge in [0.15, 0.2) is 5.76 Å². The van der Waals surface area contributed by atoms with Crippen LogP contribution in [0.3, 0.4) is 0 Å². The number of carbonyl (C=O) groups excluding carboxylic acids is 1. The van der Waals surface area contributed by atoms with E-state index in [0.29, 0.717) is 25.3 Å². The van der Waals surface area contributed by atoms with Crippen molar-refractivity contribution in [2.45, 2.75) is 39.3 Å². The number of hydrogen-bond acceptors (Lipinski definition) is 3. The quantitative estimate of drug-likeness (QED) is 0.662. The lowest BCUT2D eigenvalue weighted by molar-refractivity contribution is 0.0219. The highest BCUT2D eigenvalue weighted by Gasteiger charge is 2.27. The summed E-state index contributed by atoms with van der Waals surface area (Å²) < 4.78 is 10.8. The zero-order valence-corrected chi connectivity index (χ0v) is 10.9. The number of rotatable bonds is 0. The molecule has 1 amide bonds. The molecule has 0 saturated carbocycles. The van der Waals surface area contributed by atoms with Crippen molar-refractivity contribution in [3.05, 3.63) is 23.2 Å². The van der Waals surface area contributed by atoms with E-state index in [-0.39, 0.29) is 6.09 Å². The predicted molar refractivity (Wildman–Crippen MR) is 67.0 cm³/mol. The zero-order chi connectivity index (χ0) is 13.3. The molecule has 1 aliphatic rings. The molecule has 2 heterocycles. The first kappa shape index (κ1) is 12.6. The minimum Gasteiger partial charge on any atom is -0.452 e. The Hall–Kier alpha value is -1.89. The van der Waals surface area contributed by atoms with Gasteiger partial charge < -0.3 is 14.1 Å². The summed E-state index contributed by atoms with van der Waals surface area (Å²) in [5.41, 5.74) is 0.498. The second-order valence-electron chi connectivity index (χ2n) is 5.36. The van der Waals surface area contributed by atoms with Crippen molar-refractivity contribution in [3.8, 4) is 12.3 Å². The third-order valence-electron chi connectivity index (χ3n) is 2.66. The third-order valence-corrected chi connectivity index (χ3v) is 2.66. The van der Waals surface area contributed by atoms with Crippen molar-refractivity contribution in [2.75, 3.05) is 6.54 Å². The summed E-state index contributed by atoms with van der Waals surface area (Å²) in [6.07, 6.45) is 5.67. The van der Waals surface area contributed by atoms with E-state index in [1.54, 1.807) is 4.90 Å². The topological polar surface area (TPSA) is 42.7 Å². The first-order valence-corrected chi connectivity index (χ1v) is 5.95. The molecule has 0 fully saturated rings. The molecule has 4 nitrogen and oxygen atoms in total. The standard InChI is InChI=1S/C14H17NO3/c1-5-11-8-10-9-15(7-6-12(10)17-11)13(16)18-14(2,3)4/h1,8H,6-7,9H2,2-4H3. The van der Waals surface area contributed by atoms with Crippen LogP contribution in [-0.2, 0) is 17.7 Å². The minimum absolute atomic E-state index is 0.295. The van der Waals surface area contributed by atoms with Gasteiger partial charge >= 0.3 is 6.09 Å². The van der Waals surface area contributed by atoms with Gasteiger partial charge in [0.1, 0.15) is 11.4 Å². The first-order chi connectivity index (χ1) is 8.39. The van der Waals surface area contributed by atoms with Gasteiger partial charge in [-0.2, -0.15) is 0 Å². The number of ether oxygens (including phenoxy) is 1. The SMILES string of the molecule is C#Cc1cc2c(o1)CCN(C(=O)OC(C)(C)C)C2. The Morgan fingerprint density at radius 1 is 1.56 bits per heavy atom. The van der Waals surface area contributed by atoms with Crippen LogP contribution < -0.4 is 0 Å². The highest BCUT2D eigenvalue weighted by Crippen LogP contribution is 2.23. The molecule has 0 unspecified atom stereocenters. The van der Waals surface area contributed by atoms with Crippen molar-refractivity contribution < 1.29 is 13.9 Å². The van der Waals surface area contributed by atoms with Crippen molar-refractivity contribution >= 4 is 6.09 Å². The van der Waals surface area contributed by atoms with Gasteiger partial charge in [0.2, 0.25) is 0 Å². The third kappa shape index (κ3) is 2.67. The molecule has 0 aliphatic carbocycles. The van der Waals surface area contributed by atoms with Gasteiger partial charge in [-0.3, -0.25) is 0 Å². The number of amides is 1. The summed E-state index contributed by atoms with van der Waals surface area (Å²) in [5.74, 6) is 3.86. The summed E-state index contributed by atoms with van der Waals surface area (Å²) in [7, 11) is 0. The lowest BCUT2D eigenvalue weighted by atomic mass is 10.1. The highest BCUT2D eigenvalue weighted by atomic mass is 16.6.